The molecule has 2 unspecified atom stereocenters. The van der Waals surface area contributed by atoms with Crippen LogP contribution < -0.4 is 16.0 Å². The molecule has 0 aromatic carbocycles. The predicted octanol–water partition coefficient (Wildman–Crippen LogP) is 1.51. The molecule has 2 heterocycles. The maximum Gasteiger partial charge on any atom is 0.315 e. The van der Waals surface area contributed by atoms with Crippen LogP contribution in [-0.2, 0) is 0 Å². The van der Waals surface area contributed by atoms with Gasteiger partial charge >= 0.3 is 6.03 Å². The molecule has 2 atom stereocenters. The normalized spacial score (nSPS) is 37.1. The Morgan fingerprint density at radius 1 is 0.882 bits per heavy atom. The summed E-state index contributed by atoms with van der Waals surface area (Å²) in [5.74, 6) is 0. The van der Waals surface area contributed by atoms with E-state index in [4.69, 9.17) is 0 Å². The third kappa shape index (κ3) is 2.73. The monoisotopic (exact) mass is 237 g/mol. The van der Waals surface area contributed by atoms with Crippen molar-refractivity contribution in [3.05, 3.63) is 0 Å². The van der Waals surface area contributed by atoms with Crippen LogP contribution in [0.5, 0.6) is 0 Å². The molecule has 0 aromatic rings. The van der Waals surface area contributed by atoms with Crippen LogP contribution in [0, 0.1) is 0 Å². The van der Waals surface area contributed by atoms with Gasteiger partial charge in [-0.2, -0.15) is 0 Å². The lowest BCUT2D eigenvalue weighted by Gasteiger charge is -2.30. The summed E-state index contributed by atoms with van der Waals surface area (Å²) in [5, 5.41) is 9.86. The molecule has 1 aliphatic carbocycles. The molecule has 4 nitrogen and oxygen atoms in total. The molecule has 1 saturated carbocycles. The number of carbonyl (C=O) groups excluding carboxylic acids is 1. The Morgan fingerprint density at radius 2 is 1.47 bits per heavy atom. The summed E-state index contributed by atoms with van der Waals surface area (Å²) in [5.41, 5.74) is 0. The van der Waals surface area contributed by atoms with Gasteiger partial charge in [0.15, 0.2) is 0 Å². The van der Waals surface area contributed by atoms with Crippen LogP contribution in [0.3, 0.4) is 0 Å². The highest BCUT2D eigenvalue weighted by Crippen LogP contribution is 2.26. The first-order valence-corrected chi connectivity index (χ1v) is 7.12. The Labute approximate surface area is 103 Å². The zero-order valence-corrected chi connectivity index (χ0v) is 10.4. The van der Waals surface area contributed by atoms with Gasteiger partial charge in [0, 0.05) is 24.2 Å². The zero-order valence-electron chi connectivity index (χ0n) is 10.4. The summed E-state index contributed by atoms with van der Waals surface area (Å²) in [6.07, 6.45) is 9.63. The van der Waals surface area contributed by atoms with Crippen LogP contribution in [0.2, 0.25) is 0 Å². The van der Waals surface area contributed by atoms with E-state index in [0.717, 1.165) is 25.7 Å². The van der Waals surface area contributed by atoms with Gasteiger partial charge in [0.25, 0.3) is 0 Å². The number of nitrogens with one attached hydrogen (secondary N) is 3. The number of piperidine rings is 1. The molecule has 17 heavy (non-hydrogen) atoms. The van der Waals surface area contributed by atoms with Crippen LogP contribution in [0.15, 0.2) is 0 Å². The Kier molecular flexibility index (Phi) is 3.23. The van der Waals surface area contributed by atoms with E-state index in [9.17, 15) is 4.79 Å². The molecule has 0 aromatic heterocycles. The first-order valence-electron chi connectivity index (χ1n) is 7.12. The minimum Gasteiger partial charge on any atom is -0.335 e. The molecule has 3 rings (SSSR count). The fourth-order valence-corrected chi connectivity index (χ4v) is 3.66. The standard InChI is InChI=1S/C13H23N3O/c17-13(15-9-3-1-2-4-9)16-12-7-10-5-6-11(8-12)14-10/h9-12,14H,1-8H2,(H2,15,16,17). The SMILES string of the molecule is O=C(NC1CCCC1)NC1CC2CCC(C1)N2. The number of hydrogen-bond donors (Lipinski definition) is 3. The smallest absolute Gasteiger partial charge is 0.315 e. The highest BCUT2D eigenvalue weighted by molar-refractivity contribution is 5.74. The maximum atomic E-state index is 11.9. The van der Waals surface area contributed by atoms with E-state index in [2.05, 4.69) is 16.0 Å². The second-order valence-corrected chi connectivity index (χ2v) is 5.91. The maximum absolute atomic E-state index is 11.9. The molecule has 2 saturated heterocycles. The molecule has 2 aliphatic heterocycles. The van der Waals surface area contributed by atoms with Gasteiger partial charge in [-0.15, -0.1) is 0 Å². The van der Waals surface area contributed by atoms with E-state index in [0.29, 0.717) is 24.2 Å². The third-order valence-corrected chi connectivity index (χ3v) is 4.50. The van der Waals surface area contributed by atoms with Crippen LogP contribution in [0.1, 0.15) is 51.4 Å². The molecular formula is C13H23N3O. The van der Waals surface area contributed by atoms with Gasteiger partial charge in [0.05, 0.1) is 0 Å². The highest BCUT2D eigenvalue weighted by Gasteiger charge is 2.34. The first kappa shape index (κ1) is 11.3. The average Bonchev–Trinajstić information content (AvgIpc) is 2.89. The average molecular weight is 237 g/mol. The topological polar surface area (TPSA) is 53.2 Å². The molecule has 3 N–H and O–H groups in total. The number of amides is 2. The van der Waals surface area contributed by atoms with Crippen LogP contribution in [-0.4, -0.2) is 30.2 Å². The molecule has 3 fully saturated rings. The summed E-state index contributed by atoms with van der Waals surface area (Å²) in [4.78, 5) is 11.9. The largest absolute Gasteiger partial charge is 0.335 e. The predicted molar refractivity (Wildman–Crippen MR) is 66.9 cm³/mol. The number of rotatable bonds is 2. The number of carbonyl (C=O) groups is 1. The molecule has 2 bridgehead atoms. The summed E-state index contributed by atoms with van der Waals surface area (Å²) in [6, 6.07) is 2.16. The highest BCUT2D eigenvalue weighted by atomic mass is 16.2. The summed E-state index contributed by atoms with van der Waals surface area (Å²) >= 11 is 0. The van der Waals surface area contributed by atoms with Crippen molar-refractivity contribution in [1.29, 1.82) is 0 Å². The van der Waals surface area contributed by atoms with Gasteiger partial charge in [-0.3, -0.25) is 0 Å². The van der Waals surface area contributed by atoms with Crippen molar-refractivity contribution in [2.75, 3.05) is 0 Å². The van der Waals surface area contributed by atoms with Gasteiger partial charge in [-0.05, 0) is 38.5 Å². The van der Waals surface area contributed by atoms with Gasteiger partial charge < -0.3 is 16.0 Å². The quantitative estimate of drug-likeness (QED) is 0.682. The third-order valence-electron chi connectivity index (χ3n) is 4.50. The van der Waals surface area contributed by atoms with E-state index in [1.807, 2.05) is 0 Å². The van der Waals surface area contributed by atoms with Crippen molar-refractivity contribution in [3.8, 4) is 0 Å². The molecule has 96 valence electrons. The van der Waals surface area contributed by atoms with Crippen molar-refractivity contribution >= 4 is 6.03 Å². The van der Waals surface area contributed by atoms with Crippen molar-refractivity contribution in [1.82, 2.24) is 16.0 Å². The van der Waals surface area contributed by atoms with Crippen LogP contribution in [0.25, 0.3) is 0 Å². The Hall–Kier alpha value is -0.770. The molecule has 2 amide bonds. The Balaban J connectivity index is 1.44. The number of fused-ring (bicyclic) bond motifs is 2. The Bertz CT molecular complexity index is 276. The second-order valence-electron chi connectivity index (χ2n) is 5.91. The molecule has 4 heteroatoms. The van der Waals surface area contributed by atoms with Gasteiger partial charge in [0.2, 0.25) is 0 Å². The fourth-order valence-electron chi connectivity index (χ4n) is 3.66. The Morgan fingerprint density at radius 3 is 2.12 bits per heavy atom. The van der Waals surface area contributed by atoms with E-state index < -0.39 is 0 Å². The summed E-state index contributed by atoms with van der Waals surface area (Å²) < 4.78 is 0. The van der Waals surface area contributed by atoms with E-state index in [1.165, 1.54) is 25.7 Å². The lowest BCUT2D eigenvalue weighted by Crippen LogP contribution is -2.51. The fraction of sp³-hybridized carbons (Fsp3) is 0.923. The number of hydrogen-bond acceptors (Lipinski definition) is 2. The number of urea groups is 1. The molecule has 0 radical (unpaired) electrons. The molecule has 3 aliphatic rings. The van der Waals surface area contributed by atoms with Crippen molar-refractivity contribution in [3.63, 3.8) is 0 Å². The second kappa shape index (κ2) is 4.84. The molecule has 0 spiro atoms. The lowest BCUT2D eigenvalue weighted by atomic mass is 10.00. The minimum absolute atomic E-state index is 0.0585. The van der Waals surface area contributed by atoms with Gasteiger partial charge in [-0.25, -0.2) is 4.79 Å². The van der Waals surface area contributed by atoms with Crippen LogP contribution in [0.4, 0.5) is 4.79 Å². The molecular weight excluding hydrogens is 214 g/mol. The summed E-state index contributed by atoms with van der Waals surface area (Å²) in [6.45, 7) is 0. The van der Waals surface area contributed by atoms with Gasteiger partial charge in [0.1, 0.15) is 0 Å². The van der Waals surface area contributed by atoms with E-state index in [1.54, 1.807) is 0 Å². The van der Waals surface area contributed by atoms with Gasteiger partial charge in [-0.1, -0.05) is 12.8 Å². The summed E-state index contributed by atoms with van der Waals surface area (Å²) in [7, 11) is 0. The zero-order chi connectivity index (χ0) is 11.7. The van der Waals surface area contributed by atoms with E-state index >= 15 is 0 Å². The lowest BCUT2D eigenvalue weighted by molar-refractivity contribution is 0.226. The van der Waals surface area contributed by atoms with Crippen molar-refractivity contribution in [2.45, 2.75) is 75.5 Å². The first-order chi connectivity index (χ1) is 8.29. The van der Waals surface area contributed by atoms with Crippen molar-refractivity contribution < 1.29 is 4.79 Å². The van der Waals surface area contributed by atoms with Crippen LogP contribution >= 0.6 is 0 Å². The van der Waals surface area contributed by atoms with Crippen molar-refractivity contribution in [2.24, 2.45) is 0 Å². The van der Waals surface area contributed by atoms with E-state index in [-0.39, 0.29) is 6.03 Å². The minimum atomic E-state index is 0.0585.